The summed E-state index contributed by atoms with van der Waals surface area (Å²) in [5.74, 6) is 0.120. The second-order valence-corrected chi connectivity index (χ2v) is 6.16. The largest absolute Gasteiger partial charge is 0.488 e. The van der Waals surface area contributed by atoms with Crippen molar-refractivity contribution in [3.05, 3.63) is 24.3 Å². The first-order valence-corrected chi connectivity index (χ1v) is 8.36. The summed E-state index contributed by atoms with van der Waals surface area (Å²) in [5, 5.41) is 2.87. The van der Waals surface area contributed by atoms with E-state index in [1.54, 1.807) is 0 Å². The molecule has 1 aromatic carbocycles. The van der Waals surface area contributed by atoms with Gasteiger partial charge in [0.05, 0.1) is 24.9 Å². The number of anilines is 1. The number of nitrogens with zero attached hydrogens (tertiary/aromatic N) is 1. The lowest BCUT2D eigenvalue weighted by atomic mass is 10.2. The molecule has 7 nitrogen and oxygen atoms in total. The highest BCUT2D eigenvalue weighted by Crippen LogP contribution is 2.30. The molecule has 3 rings (SSSR count). The molecule has 2 aliphatic rings. The maximum Gasteiger partial charge on any atom is 0.322 e. The molecule has 24 heavy (non-hydrogen) atoms. The number of morpholine rings is 1. The Kier molecular flexibility index (Phi) is 5.20. The number of hydrogen-bond acceptors (Lipinski definition) is 4. The van der Waals surface area contributed by atoms with Crippen molar-refractivity contribution in [1.29, 1.82) is 0 Å². The molecule has 130 valence electrons. The van der Waals surface area contributed by atoms with Gasteiger partial charge in [-0.05, 0) is 37.8 Å². The van der Waals surface area contributed by atoms with E-state index >= 15 is 0 Å². The lowest BCUT2D eigenvalue weighted by Crippen LogP contribution is -2.51. The van der Waals surface area contributed by atoms with Gasteiger partial charge in [0.1, 0.15) is 5.75 Å². The van der Waals surface area contributed by atoms with Crippen molar-refractivity contribution in [2.24, 2.45) is 5.73 Å². The predicted molar refractivity (Wildman–Crippen MR) is 88.9 cm³/mol. The highest BCUT2D eigenvalue weighted by Gasteiger charge is 2.28. The van der Waals surface area contributed by atoms with Crippen LogP contribution < -0.4 is 15.8 Å². The van der Waals surface area contributed by atoms with Crippen LogP contribution in [0.5, 0.6) is 5.75 Å². The monoisotopic (exact) mass is 333 g/mol. The molecule has 1 aliphatic carbocycles. The standard InChI is InChI=1S/C17H23N3O4/c18-16(21)15-11-20(9-10-23-15)17(22)19-13-7-3-4-8-14(13)24-12-5-1-2-6-12/h3-4,7-8,12,15H,1-2,5-6,9-11H2,(H2,18,21)(H,19,22). The molecule has 1 aromatic rings. The van der Waals surface area contributed by atoms with Crippen LogP contribution in [0.15, 0.2) is 24.3 Å². The third-order valence-electron chi connectivity index (χ3n) is 4.40. The summed E-state index contributed by atoms with van der Waals surface area (Å²) < 4.78 is 11.3. The zero-order chi connectivity index (χ0) is 16.9. The smallest absolute Gasteiger partial charge is 0.322 e. The molecule has 2 fully saturated rings. The number of primary amides is 1. The fraction of sp³-hybridized carbons (Fsp3) is 0.529. The van der Waals surface area contributed by atoms with Gasteiger partial charge in [-0.1, -0.05) is 12.1 Å². The minimum Gasteiger partial charge on any atom is -0.488 e. The molecule has 1 saturated heterocycles. The minimum absolute atomic E-state index is 0.160. The summed E-state index contributed by atoms with van der Waals surface area (Å²) >= 11 is 0. The summed E-state index contributed by atoms with van der Waals surface area (Å²) in [4.78, 5) is 25.3. The Morgan fingerprint density at radius 2 is 2.00 bits per heavy atom. The first kappa shape index (κ1) is 16.6. The number of ether oxygens (including phenoxy) is 2. The SMILES string of the molecule is NC(=O)C1CN(C(=O)Nc2ccccc2OC2CCCC2)CCO1. The van der Waals surface area contributed by atoms with Gasteiger partial charge < -0.3 is 25.4 Å². The van der Waals surface area contributed by atoms with Crippen LogP contribution >= 0.6 is 0 Å². The highest BCUT2D eigenvalue weighted by molar-refractivity contribution is 5.91. The minimum atomic E-state index is -0.755. The summed E-state index contributed by atoms with van der Waals surface area (Å²) in [7, 11) is 0. The molecular weight excluding hydrogens is 310 g/mol. The van der Waals surface area contributed by atoms with Gasteiger partial charge in [-0.25, -0.2) is 4.79 Å². The number of urea groups is 1. The van der Waals surface area contributed by atoms with Crippen LogP contribution in [0.4, 0.5) is 10.5 Å². The van der Waals surface area contributed by atoms with Crippen LogP contribution in [0.1, 0.15) is 25.7 Å². The number of para-hydroxylation sites is 2. The number of benzene rings is 1. The van der Waals surface area contributed by atoms with Crippen LogP contribution in [0.25, 0.3) is 0 Å². The van der Waals surface area contributed by atoms with Gasteiger partial charge in [0.15, 0.2) is 6.10 Å². The molecule has 0 radical (unpaired) electrons. The molecule has 1 atom stereocenters. The Balaban J connectivity index is 1.64. The van der Waals surface area contributed by atoms with Crippen molar-refractivity contribution in [3.63, 3.8) is 0 Å². The van der Waals surface area contributed by atoms with Crippen molar-refractivity contribution in [2.45, 2.75) is 37.9 Å². The molecule has 1 unspecified atom stereocenters. The molecule has 1 saturated carbocycles. The van der Waals surface area contributed by atoms with E-state index < -0.39 is 12.0 Å². The average Bonchev–Trinajstić information content (AvgIpc) is 3.10. The Labute approximate surface area is 141 Å². The number of rotatable bonds is 4. The van der Waals surface area contributed by atoms with Crippen molar-refractivity contribution in [2.75, 3.05) is 25.0 Å². The lowest BCUT2D eigenvalue weighted by molar-refractivity contribution is -0.133. The quantitative estimate of drug-likeness (QED) is 0.877. The summed E-state index contributed by atoms with van der Waals surface area (Å²) in [6, 6.07) is 7.13. The van der Waals surface area contributed by atoms with E-state index in [0.717, 1.165) is 12.8 Å². The first-order chi connectivity index (χ1) is 11.6. The number of hydrogen-bond donors (Lipinski definition) is 2. The molecule has 1 heterocycles. The van der Waals surface area contributed by atoms with Gasteiger partial charge in [0, 0.05) is 6.54 Å². The van der Waals surface area contributed by atoms with Crippen molar-refractivity contribution >= 4 is 17.6 Å². The number of carbonyl (C=O) groups is 2. The van der Waals surface area contributed by atoms with E-state index in [0.29, 0.717) is 24.6 Å². The van der Waals surface area contributed by atoms with E-state index in [4.69, 9.17) is 15.2 Å². The van der Waals surface area contributed by atoms with Gasteiger partial charge in [-0.2, -0.15) is 0 Å². The maximum atomic E-state index is 12.5. The van der Waals surface area contributed by atoms with Crippen LogP contribution in [0.2, 0.25) is 0 Å². The Hall–Kier alpha value is -2.28. The molecule has 3 N–H and O–H groups in total. The Bertz CT molecular complexity index is 601. The number of amides is 3. The summed E-state index contributed by atoms with van der Waals surface area (Å²) in [5.41, 5.74) is 5.89. The van der Waals surface area contributed by atoms with Gasteiger partial charge in [0.2, 0.25) is 5.91 Å². The average molecular weight is 333 g/mol. The van der Waals surface area contributed by atoms with Crippen molar-refractivity contribution in [1.82, 2.24) is 4.90 Å². The summed E-state index contributed by atoms with van der Waals surface area (Å²) in [6.07, 6.45) is 3.92. The summed E-state index contributed by atoms with van der Waals surface area (Å²) in [6.45, 7) is 0.870. The van der Waals surface area contributed by atoms with E-state index in [-0.39, 0.29) is 18.7 Å². The van der Waals surface area contributed by atoms with Crippen LogP contribution in [-0.4, -0.2) is 48.7 Å². The zero-order valence-electron chi connectivity index (χ0n) is 13.6. The van der Waals surface area contributed by atoms with Gasteiger partial charge >= 0.3 is 6.03 Å². The third kappa shape index (κ3) is 3.97. The topological polar surface area (TPSA) is 93.9 Å². The second kappa shape index (κ2) is 7.53. The van der Waals surface area contributed by atoms with Crippen molar-refractivity contribution in [3.8, 4) is 5.75 Å². The molecule has 3 amide bonds. The van der Waals surface area contributed by atoms with E-state index in [9.17, 15) is 9.59 Å². The normalized spacial score (nSPS) is 21.5. The number of nitrogens with one attached hydrogen (secondary N) is 1. The molecule has 7 heteroatoms. The van der Waals surface area contributed by atoms with Gasteiger partial charge in [-0.3, -0.25) is 4.79 Å². The van der Waals surface area contributed by atoms with Crippen LogP contribution in [0, 0.1) is 0 Å². The Morgan fingerprint density at radius 3 is 2.75 bits per heavy atom. The number of carbonyl (C=O) groups excluding carboxylic acids is 2. The van der Waals surface area contributed by atoms with E-state index in [2.05, 4.69) is 5.32 Å². The molecule has 0 spiro atoms. The molecule has 1 aliphatic heterocycles. The number of nitrogens with two attached hydrogens (primary N) is 1. The second-order valence-electron chi connectivity index (χ2n) is 6.16. The zero-order valence-corrected chi connectivity index (χ0v) is 13.6. The van der Waals surface area contributed by atoms with Crippen molar-refractivity contribution < 1.29 is 19.1 Å². The maximum absolute atomic E-state index is 12.5. The highest BCUT2D eigenvalue weighted by atomic mass is 16.5. The fourth-order valence-electron chi connectivity index (χ4n) is 3.06. The van der Waals surface area contributed by atoms with Crippen LogP contribution in [-0.2, 0) is 9.53 Å². The lowest BCUT2D eigenvalue weighted by Gasteiger charge is -2.31. The van der Waals surface area contributed by atoms with Gasteiger partial charge in [-0.15, -0.1) is 0 Å². The molecule has 0 bridgehead atoms. The van der Waals surface area contributed by atoms with E-state index in [1.807, 2.05) is 24.3 Å². The Morgan fingerprint density at radius 1 is 1.25 bits per heavy atom. The first-order valence-electron chi connectivity index (χ1n) is 8.36. The van der Waals surface area contributed by atoms with Gasteiger partial charge in [0.25, 0.3) is 0 Å². The van der Waals surface area contributed by atoms with E-state index in [1.165, 1.54) is 17.7 Å². The predicted octanol–water partition coefficient (Wildman–Crippen LogP) is 1.73. The third-order valence-corrected chi connectivity index (χ3v) is 4.40. The molecular formula is C17H23N3O4. The fourth-order valence-corrected chi connectivity index (χ4v) is 3.06. The van der Waals surface area contributed by atoms with Crippen LogP contribution in [0.3, 0.4) is 0 Å². The molecule has 0 aromatic heterocycles.